The van der Waals surface area contributed by atoms with Crippen molar-refractivity contribution in [3.8, 4) is 0 Å². The molecule has 0 N–H and O–H groups in total. The van der Waals surface area contributed by atoms with E-state index in [1.54, 1.807) is 19.1 Å². The van der Waals surface area contributed by atoms with E-state index in [-0.39, 0.29) is 5.82 Å². The summed E-state index contributed by atoms with van der Waals surface area (Å²) in [6, 6.07) is 24.6. The quantitative estimate of drug-likeness (QED) is 0.507. The molecule has 0 amide bonds. The first-order valence-electron chi connectivity index (χ1n) is 7.64. The first kappa shape index (κ1) is 16.4. The lowest BCUT2D eigenvalue weighted by atomic mass is 10.1. The zero-order chi connectivity index (χ0) is 17.0. The van der Waals surface area contributed by atoms with E-state index < -0.39 is 7.29 Å². The summed E-state index contributed by atoms with van der Waals surface area (Å²) in [5.41, 5.74) is 1.37. The van der Waals surface area contributed by atoms with Crippen LogP contribution in [0.1, 0.15) is 12.5 Å². The SMILES string of the molecule is CC(=NP(=O)(c1ccccc1)c1ccccc1)c1ccc(F)cc1. The van der Waals surface area contributed by atoms with Crippen LogP contribution in [0.15, 0.2) is 89.7 Å². The minimum Gasteiger partial charge on any atom is -0.288 e. The monoisotopic (exact) mass is 337 g/mol. The van der Waals surface area contributed by atoms with Crippen molar-refractivity contribution in [2.24, 2.45) is 4.76 Å². The molecule has 0 unspecified atom stereocenters. The highest BCUT2D eigenvalue weighted by molar-refractivity contribution is 7.77. The molecule has 2 nitrogen and oxygen atoms in total. The molecule has 0 saturated carbocycles. The highest BCUT2D eigenvalue weighted by atomic mass is 31.2. The number of hydrogen-bond acceptors (Lipinski definition) is 1. The van der Waals surface area contributed by atoms with Crippen molar-refractivity contribution in [3.05, 3.63) is 96.3 Å². The molecule has 0 saturated heterocycles. The molecule has 0 aromatic heterocycles. The van der Waals surface area contributed by atoms with Gasteiger partial charge in [-0.3, -0.25) is 4.57 Å². The number of nitrogens with zero attached hydrogens (tertiary/aromatic N) is 1. The molecule has 3 rings (SSSR count). The van der Waals surface area contributed by atoms with Gasteiger partial charge in [-0.1, -0.05) is 48.5 Å². The predicted molar refractivity (Wildman–Crippen MR) is 98.4 cm³/mol. The highest BCUT2D eigenvalue weighted by Gasteiger charge is 2.26. The fourth-order valence-electron chi connectivity index (χ4n) is 2.48. The largest absolute Gasteiger partial charge is 0.288 e. The minimum absolute atomic E-state index is 0.305. The third kappa shape index (κ3) is 3.37. The van der Waals surface area contributed by atoms with E-state index in [0.29, 0.717) is 16.3 Å². The van der Waals surface area contributed by atoms with E-state index >= 15 is 0 Å². The lowest BCUT2D eigenvalue weighted by Crippen LogP contribution is -2.15. The van der Waals surface area contributed by atoms with Gasteiger partial charge in [-0.05, 0) is 48.9 Å². The van der Waals surface area contributed by atoms with Crippen LogP contribution in [0.2, 0.25) is 0 Å². The molecule has 0 radical (unpaired) electrons. The van der Waals surface area contributed by atoms with Crippen LogP contribution in [0.3, 0.4) is 0 Å². The lowest BCUT2D eigenvalue weighted by molar-refractivity contribution is 0.588. The van der Waals surface area contributed by atoms with Gasteiger partial charge in [-0.15, -0.1) is 0 Å². The van der Waals surface area contributed by atoms with Gasteiger partial charge in [-0.2, -0.15) is 0 Å². The van der Waals surface area contributed by atoms with Gasteiger partial charge in [0.2, 0.25) is 7.29 Å². The van der Waals surface area contributed by atoms with Crippen molar-refractivity contribution in [2.75, 3.05) is 0 Å². The number of hydrogen-bond donors (Lipinski definition) is 0. The Balaban J connectivity index is 2.14. The summed E-state index contributed by atoms with van der Waals surface area (Å²) < 4.78 is 31.5. The lowest BCUT2D eigenvalue weighted by Gasteiger charge is -2.16. The van der Waals surface area contributed by atoms with Crippen molar-refractivity contribution in [3.63, 3.8) is 0 Å². The standard InChI is InChI=1S/C20H17FNOP/c1-16(17-12-14-18(21)15-13-17)22-24(23,19-8-4-2-5-9-19)20-10-6-3-7-11-20/h2-15H,1H3. The molecule has 0 bridgehead atoms. The van der Waals surface area contributed by atoms with E-state index in [1.165, 1.54) is 12.1 Å². The summed E-state index contributed by atoms with van der Waals surface area (Å²) in [6.07, 6.45) is 0. The van der Waals surface area contributed by atoms with Gasteiger partial charge in [-0.25, -0.2) is 9.15 Å². The van der Waals surface area contributed by atoms with E-state index in [1.807, 2.05) is 60.7 Å². The number of benzene rings is 3. The Morgan fingerprint density at radius 3 is 1.71 bits per heavy atom. The van der Waals surface area contributed by atoms with Crippen LogP contribution in [0, 0.1) is 5.82 Å². The normalized spacial score (nSPS) is 12.2. The zero-order valence-corrected chi connectivity index (χ0v) is 14.2. The second-order valence-corrected chi connectivity index (χ2v) is 7.82. The number of rotatable bonds is 4. The third-order valence-corrected chi connectivity index (χ3v) is 6.34. The van der Waals surface area contributed by atoms with Gasteiger partial charge in [0.05, 0.1) is 0 Å². The maximum Gasteiger partial charge on any atom is 0.247 e. The van der Waals surface area contributed by atoms with Crippen molar-refractivity contribution in [1.82, 2.24) is 0 Å². The van der Waals surface area contributed by atoms with Crippen LogP contribution in [0.5, 0.6) is 0 Å². The predicted octanol–water partition coefficient (Wildman–Crippen LogP) is 4.56. The maximum absolute atomic E-state index is 13.8. The van der Waals surface area contributed by atoms with E-state index in [0.717, 1.165) is 5.56 Å². The Morgan fingerprint density at radius 1 is 0.792 bits per heavy atom. The molecule has 3 aromatic carbocycles. The molecule has 4 heteroatoms. The van der Waals surface area contributed by atoms with Crippen LogP contribution in [-0.2, 0) is 4.57 Å². The maximum atomic E-state index is 13.8. The second-order valence-electron chi connectivity index (χ2n) is 5.44. The zero-order valence-electron chi connectivity index (χ0n) is 13.3. The third-order valence-electron chi connectivity index (χ3n) is 3.77. The fourth-order valence-corrected chi connectivity index (χ4v) is 4.70. The van der Waals surface area contributed by atoms with E-state index in [2.05, 4.69) is 4.76 Å². The molecule has 0 aliphatic rings. The molecular weight excluding hydrogens is 320 g/mol. The van der Waals surface area contributed by atoms with Crippen LogP contribution in [0.4, 0.5) is 4.39 Å². The Kier molecular flexibility index (Phi) is 4.73. The van der Waals surface area contributed by atoms with Crippen molar-refractivity contribution in [1.29, 1.82) is 0 Å². The van der Waals surface area contributed by atoms with Crippen LogP contribution in [0.25, 0.3) is 0 Å². The molecule has 0 spiro atoms. The Labute approximate surface area is 141 Å². The van der Waals surface area contributed by atoms with Crippen molar-refractivity contribution >= 4 is 23.6 Å². The molecular formula is C20H17FNOP. The minimum atomic E-state index is -3.16. The van der Waals surface area contributed by atoms with Crippen LogP contribution < -0.4 is 10.6 Å². The molecule has 0 aliphatic carbocycles. The van der Waals surface area contributed by atoms with Gasteiger partial charge in [0.25, 0.3) is 0 Å². The summed E-state index contributed by atoms with van der Waals surface area (Å²) in [6.45, 7) is 1.80. The highest BCUT2D eigenvalue weighted by Crippen LogP contribution is 2.45. The molecule has 0 heterocycles. The molecule has 24 heavy (non-hydrogen) atoms. The van der Waals surface area contributed by atoms with E-state index in [4.69, 9.17) is 0 Å². The summed E-state index contributed by atoms with van der Waals surface area (Å²) in [5, 5.41) is 1.36. The summed E-state index contributed by atoms with van der Waals surface area (Å²) in [7, 11) is -3.16. The number of halogens is 1. The van der Waals surface area contributed by atoms with E-state index in [9.17, 15) is 8.96 Å². The average molecular weight is 337 g/mol. The second kappa shape index (κ2) is 6.94. The topological polar surface area (TPSA) is 29.4 Å². The van der Waals surface area contributed by atoms with Crippen LogP contribution >= 0.6 is 7.29 Å². The first-order chi connectivity index (χ1) is 11.6. The molecule has 0 atom stereocenters. The summed E-state index contributed by atoms with van der Waals surface area (Å²) in [4.78, 5) is 0. The Hall–Kier alpha value is -2.51. The Bertz CT molecular complexity index is 846. The van der Waals surface area contributed by atoms with Gasteiger partial charge >= 0.3 is 0 Å². The van der Waals surface area contributed by atoms with Crippen molar-refractivity contribution in [2.45, 2.75) is 6.92 Å². The first-order valence-corrected chi connectivity index (χ1v) is 9.29. The summed E-state index contributed by atoms with van der Waals surface area (Å²) >= 11 is 0. The summed E-state index contributed by atoms with van der Waals surface area (Å²) in [5.74, 6) is -0.305. The fraction of sp³-hybridized carbons (Fsp3) is 0.0500. The molecule has 120 valence electrons. The molecule has 0 aliphatic heterocycles. The smallest absolute Gasteiger partial charge is 0.247 e. The Morgan fingerprint density at radius 2 is 1.25 bits per heavy atom. The molecule has 0 fully saturated rings. The average Bonchev–Trinajstić information content (AvgIpc) is 2.63. The van der Waals surface area contributed by atoms with Gasteiger partial charge < -0.3 is 0 Å². The molecule has 3 aromatic rings. The van der Waals surface area contributed by atoms with Gasteiger partial charge in [0.15, 0.2) is 0 Å². The van der Waals surface area contributed by atoms with Crippen LogP contribution in [-0.4, -0.2) is 5.71 Å². The van der Waals surface area contributed by atoms with Crippen molar-refractivity contribution < 1.29 is 8.96 Å². The van der Waals surface area contributed by atoms with Gasteiger partial charge in [0.1, 0.15) is 5.82 Å². The van der Waals surface area contributed by atoms with Gasteiger partial charge in [0, 0.05) is 16.3 Å².